The molecule has 0 amide bonds. The highest BCUT2D eigenvalue weighted by molar-refractivity contribution is 7.26. The zero-order chi connectivity index (χ0) is 36.3. The molecular formula is C50H30N4S. The maximum Gasteiger partial charge on any atom is 0.164 e. The second kappa shape index (κ2) is 12.8. The van der Waals surface area contributed by atoms with Gasteiger partial charge in [0.05, 0.1) is 5.69 Å². The Kier molecular flexibility index (Phi) is 7.32. The fourth-order valence-electron chi connectivity index (χ4n) is 7.96. The summed E-state index contributed by atoms with van der Waals surface area (Å²) in [6.45, 7) is 0. The molecule has 0 atom stereocenters. The molecule has 0 N–H and O–H groups in total. The summed E-state index contributed by atoms with van der Waals surface area (Å²) in [5.74, 6) is 1.86. The number of hydrogen-bond acceptors (Lipinski definition) is 5. The van der Waals surface area contributed by atoms with Gasteiger partial charge in [-0.25, -0.2) is 15.0 Å². The van der Waals surface area contributed by atoms with Crippen molar-refractivity contribution in [1.82, 2.24) is 19.9 Å². The van der Waals surface area contributed by atoms with Gasteiger partial charge in [-0.05, 0) is 85.9 Å². The summed E-state index contributed by atoms with van der Waals surface area (Å²) in [6.07, 6.45) is 1.82. The Labute approximate surface area is 321 Å². The highest BCUT2D eigenvalue weighted by Crippen LogP contribution is 2.46. The molecule has 0 aliphatic carbocycles. The number of pyridine rings is 1. The minimum Gasteiger partial charge on any atom is -0.256 e. The van der Waals surface area contributed by atoms with Gasteiger partial charge in [0.1, 0.15) is 0 Å². The fraction of sp³-hybridized carbons (Fsp3) is 0. The third-order valence-electron chi connectivity index (χ3n) is 10.5. The summed E-state index contributed by atoms with van der Waals surface area (Å²) < 4.78 is 2.59. The van der Waals surface area contributed by atoms with E-state index in [1.54, 1.807) is 0 Å². The lowest BCUT2D eigenvalue weighted by atomic mass is 9.90. The van der Waals surface area contributed by atoms with Gasteiger partial charge in [-0.2, -0.15) is 0 Å². The van der Waals surface area contributed by atoms with Gasteiger partial charge in [0.15, 0.2) is 17.5 Å². The molecule has 5 heteroatoms. The van der Waals surface area contributed by atoms with E-state index in [0.29, 0.717) is 17.5 Å². The third kappa shape index (κ3) is 5.36. The van der Waals surface area contributed by atoms with Gasteiger partial charge in [-0.3, -0.25) is 4.98 Å². The number of aromatic nitrogens is 4. The number of benzene rings is 8. The average molecular weight is 719 g/mol. The number of hydrogen-bond donors (Lipinski definition) is 0. The average Bonchev–Trinajstić information content (AvgIpc) is 3.66. The van der Waals surface area contributed by atoms with Gasteiger partial charge in [0, 0.05) is 48.6 Å². The smallest absolute Gasteiger partial charge is 0.164 e. The first-order chi connectivity index (χ1) is 27.2. The molecule has 11 aromatic rings. The molecule has 0 aliphatic rings. The van der Waals surface area contributed by atoms with Crippen LogP contribution in [0.25, 0.3) is 109 Å². The van der Waals surface area contributed by atoms with Crippen LogP contribution in [0.3, 0.4) is 0 Å². The highest BCUT2D eigenvalue weighted by atomic mass is 32.1. The van der Waals surface area contributed by atoms with Crippen molar-refractivity contribution < 1.29 is 0 Å². The van der Waals surface area contributed by atoms with Crippen LogP contribution in [-0.4, -0.2) is 19.9 Å². The first kappa shape index (κ1) is 31.4. The topological polar surface area (TPSA) is 51.6 Å². The monoisotopic (exact) mass is 718 g/mol. The summed E-state index contributed by atoms with van der Waals surface area (Å²) in [7, 11) is 0. The molecule has 0 fully saturated rings. The molecule has 3 aromatic heterocycles. The van der Waals surface area contributed by atoms with Gasteiger partial charge < -0.3 is 0 Å². The predicted octanol–water partition coefficient (Wildman–Crippen LogP) is 13.4. The highest BCUT2D eigenvalue weighted by Gasteiger charge is 2.20. The largest absolute Gasteiger partial charge is 0.256 e. The number of rotatable bonds is 5. The van der Waals surface area contributed by atoms with Crippen molar-refractivity contribution >= 4 is 63.8 Å². The lowest BCUT2D eigenvalue weighted by Crippen LogP contribution is -2.01. The summed E-state index contributed by atoms with van der Waals surface area (Å²) in [4.78, 5) is 20.4. The van der Waals surface area contributed by atoms with Crippen LogP contribution in [0, 0.1) is 0 Å². The first-order valence-electron chi connectivity index (χ1n) is 18.4. The van der Waals surface area contributed by atoms with Crippen molar-refractivity contribution in [3.63, 3.8) is 0 Å². The fourth-order valence-corrected chi connectivity index (χ4v) is 9.23. The van der Waals surface area contributed by atoms with Gasteiger partial charge >= 0.3 is 0 Å². The van der Waals surface area contributed by atoms with Gasteiger partial charge in [-0.1, -0.05) is 133 Å². The van der Waals surface area contributed by atoms with Gasteiger partial charge in [-0.15, -0.1) is 11.3 Å². The maximum atomic E-state index is 5.29. The van der Waals surface area contributed by atoms with Crippen molar-refractivity contribution in [3.8, 4) is 56.5 Å². The van der Waals surface area contributed by atoms with E-state index in [1.165, 1.54) is 41.9 Å². The Morgan fingerprint density at radius 3 is 1.80 bits per heavy atom. The standard InChI is InChI=1S/C50H30N4S/c1-4-19-37-31(13-1)16-12-23-40(37)50-53-48(35-18-11-17-34(28-35)44-24-9-10-26-51-44)52-49(54-50)36-27-32-14-2-5-20-38(32)42(30-36)43-29-33-15-3-6-21-39(33)47-46(43)41-22-7-8-25-45(41)55-47/h1-30H. The van der Waals surface area contributed by atoms with E-state index in [9.17, 15) is 0 Å². The number of nitrogens with zero attached hydrogens (tertiary/aromatic N) is 4. The molecule has 0 saturated heterocycles. The van der Waals surface area contributed by atoms with E-state index in [4.69, 9.17) is 15.0 Å². The van der Waals surface area contributed by atoms with E-state index in [-0.39, 0.29) is 0 Å². The van der Waals surface area contributed by atoms with Crippen molar-refractivity contribution in [2.24, 2.45) is 0 Å². The Morgan fingerprint density at radius 2 is 0.982 bits per heavy atom. The van der Waals surface area contributed by atoms with Crippen molar-refractivity contribution in [1.29, 1.82) is 0 Å². The summed E-state index contributed by atoms with van der Waals surface area (Å²) in [5.41, 5.74) is 7.05. The van der Waals surface area contributed by atoms with Crippen molar-refractivity contribution in [2.75, 3.05) is 0 Å². The van der Waals surface area contributed by atoms with Crippen molar-refractivity contribution in [2.45, 2.75) is 0 Å². The molecule has 0 aliphatic heterocycles. The second-order valence-electron chi connectivity index (χ2n) is 13.8. The van der Waals surface area contributed by atoms with E-state index < -0.39 is 0 Å². The molecule has 0 bridgehead atoms. The zero-order valence-corrected chi connectivity index (χ0v) is 30.3. The molecule has 0 saturated carbocycles. The Morgan fingerprint density at radius 1 is 0.364 bits per heavy atom. The van der Waals surface area contributed by atoms with Crippen LogP contribution < -0.4 is 0 Å². The lowest BCUT2D eigenvalue weighted by Gasteiger charge is -2.15. The lowest BCUT2D eigenvalue weighted by molar-refractivity contribution is 1.08. The zero-order valence-electron chi connectivity index (χ0n) is 29.5. The normalized spacial score (nSPS) is 11.6. The molecule has 0 radical (unpaired) electrons. The molecule has 256 valence electrons. The van der Waals surface area contributed by atoms with Crippen LogP contribution in [0.2, 0.25) is 0 Å². The number of fused-ring (bicyclic) bond motifs is 7. The number of thiophene rings is 1. The van der Waals surface area contributed by atoms with Crippen LogP contribution in [0.5, 0.6) is 0 Å². The van der Waals surface area contributed by atoms with Gasteiger partial charge in [0.2, 0.25) is 0 Å². The minimum atomic E-state index is 0.609. The molecule has 0 spiro atoms. The van der Waals surface area contributed by atoms with E-state index in [1.807, 2.05) is 41.8 Å². The molecule has 11 rings (SSSR count). The molecule has 8 aromatic carbocycles. The molecule has 0 unspecified atom stereocenters. The van der Waals surface area contributed by atoms with Crippen LogP contribution in [-0.2, 0) is 0 Å². The molecular weight excluding hydrogens is 689 g/mol. The summed E-state index contributed by atoms with van der Waals surface area (Å²) >= 11 is 1.87. The molecule has 55 heavy (non-hydrogen) atoms. The van der Waals surface area contributed by atoms with Gasteiger partial charge in [0.25, 0.3) is 0 Å². The quantitative estimate of drug-likeness (QED) is 0.178. The minimum absolute atomic E-state index is 0.609. The second-order valence-corrected chi connectivity index (χ2v) is 14.9. The maximum absolute atomic E-state index is 5.29. The first-order valence-corrected chi connectivity index (χ1v) is 19.2. The Bertz CT molecular complexity index is 3270. The SMILES string of the molecule is c1ccc(-c2cccc(-c3nc(-c4cc(-c5cc6ccccc6c6sc7ccccc7c56)c5ccccc5c4)nc(-c4cccc5ccccc45)n3)c2)nc1. The van der Waals surface area contributed by atoms with E-state index in [0.717, 1.165) is 49.7 Å². The van der Waals surface area contributed by atoms with E-state index >= 15 is 0 Å². The Balaban J connectivity index is 1.19. The third-order valence-corrected chi connectivity index (χ3v) is 11.7. The van der Waals surface area contributed by atoms with E-state index in [2.05, 4.69) is 157 Å². The van der Waals surface area contributed by atoms with Crippen LogP contribution in [0.4, 0.5) is 0 Å². The summed E-state index contributed by atoms with van der Waals surface area (Å²) in [6, 6.07) is 62.0. The van der Waals surface area contributed by atoms with Crippen LogP contribution in [0.15, 0.2) is 182 Å². The van der Waals surface area contributed by atoms with Crippen LogP contribution in [0.1, 0.15) is 0 Å². The molecule has 3 heterocycles. The molecule has 4 nitrogen and oxygen atoms in total. The predicted molar refractivity (Wildman–Crippen MR) is 230 cm³/mol. The van der Waals surface area contributed by atoms with Crippen molar-refractivity contribution in [3.05, 3.63) is 182 Å². The Hall–Kier alpha value is -7.08. The van der Waals surface area contributed by atoms with Crippen LogP contribution >= 0.6 is 11.3 Å². The summed E-state index contributed by atoms with van der Waals surface area (Å²) in [5, 5.41) is 9.59.